The van der Waals surface area contributed by atoms with Gasteiger partial charge in [-0.2, -0.15) is 0 Å². The summed E-state index contributed by atoms with van der Waals surface area (Å²) >= 11 is 0. The maximum Gasteiger partial charge on any atom is 0.0431 e. The van der Waals surface area contributed by atoms with Gasteiger partial charge in [0.25, 0.3) is 0 Å². The van der Waals surface area contributed by atoms with Gasteiger partial charge in [-0.3, -0.25) is 4.98 Å². The van der Waals surface area contributed by atoms with Crippen LogP contribution < -0.4 is 0 Å². The third kappa shape index (κ3) is 2.54. The van der Waals surface area contributed by atoms with Crippen LogP contribution in [0.4, 0.5) is 0 Å². The number of pyridine rings is 1. The zero-order chi connectivity index (χ0) is 10.5. The molecule has 0 radical (unpaired) electrons. The van der Waals surface area contributed by atoms with Crippen molar-refractivity contribution in [3.63, 3.8) is 0 Å². The summed E-state index contributed by atoms with van der Waals surface area (Å²) in [5, 5.41) is 11.1. The first-order valence-corrected chi connectivity index (χ1v) is 5.34. The first-order chi connectivity index (χ1) is 7.40. The Morgan fingerprint density at radius 1 is 1.07 bits per heavy atom. The molecule has 0 spiro atoms. The number of aryl methyl sites for hydroxylation is 1. The van der Waals surface area contributed by atoms with Gasteiger partial charge in [0.1, 0.15) is 0 Å². The lowest BCUT2D eigenvalue weighted by Crippen LogP contribution is -1.92. The lowest BCUT2D eigenvalue weighted by atomic mass is 10.1. The van der Waals surface area contributed by atoms with E-state index in [0.717, 1.165) is 25.0 Å². The standard InChI is InChI=1S/C13H15NO/c15-8-4-3-7-13-9-11-5-1-2-6-12(11)10-14-13/h1-2,5-6,9-10,15H,3-4,7-8H2. The molecule has 78 valence electrons. The van der Waals surface area contributed by atoms with Crippen molar-refractivity contribution in [3.8, 4) is 0 Å². The molecule has 0 bridgehead atoms. The van der Waals surface area contributed by atoms with E-state index in [1.807, 2.05) is 18.3 Å². The number of aliphatic hydroxyl groups excluding tert-OH is 1. The summed E-state index contributed by atoms with van der Waals surface area (Å²) in [6, 6.07) is 10.4. The van der Waals surface area contributed by atoms with Crippen molar-refractivity contribution >= 4 is 10.8 Å². The van der Waals surface area contributed by atoms with Crippen molar-refractivity contribution in [1.82, 2.24) is 4.98 Å². The topological polar surface area (TPSA) is 33.1 Å². The van der Waals surface area contributed by atoms with Crippen LogP contribution in [0.2, 0.25) is 0 Å². The lowest BCUT2D eigenvalue weighted by Gasteiger charge is -2.02. The molecule has 0 aliphatic carbocycles. The Hall–Kier alpha value is -1.41. The van der Waals surface area contributed by atoms with Gasteiger partial charge in [-0.05, 0) is 30.7 Å². The molecular formula is C13H15NO. The van der Waals surface area contributed by atoms with Gasteiger partial charge in [-0.1, -0.05) is 24.3 Å². The highest BCUT2D eigenvalue weighted by molar-refractivity contribution is 5.81. The molecular weight excluding hydrogens is 186 g/mol. The second-order valence-electron chi connectivity index (χ2n) is 3.70. The van der Waals surface area contributed by atoms with Crippen LogP contribution in [0.1, 0.15) is 18.5 Å². The molecule has 0 fully saturated rings. The van der Waals surface area contributed by atoms with Gasteiger partial charge in [-0.25, -0.2) is 0 Å². The predicted molar refractivity (Wildman–Crippen MR) is 61.8 cm³/mol. The highest BCUT2D eigenvalue weighted by atomic mass is 16.2. The zero-order valence-electron chi connectivity index (χ0n) is 8.69. The smallest absolute Gasteiger partial charge is 0.0431 e. The second-order valence-corrected chi connectivity index (χ2v) is 3.70. The molecule has 1 aromatic carbocycles. The SMILES string of the molecule is OCCCCc1cc2ccccc2cn1. The number of hydrogen-bond acceptors (Lipinski definition) is 2. The van der Waals surface area contributed by atoms with Crippen LogP contribution in [-0.2, 0) is 6.42 Å². The Bertz CT molecular complexity index is 439. The Labute approximate surface area is 89.6 Å². The molecule has 15 heavy (non-hydrogen) atoms. The van der Waals surface area contributed by atoms with Crippen LogP contribution >= 0.6 is 0 Å². The molecule has 1 N–H and O–H groups in total. The van der Waals surface area contributed by atoms with Crippen LogP contribution in [0.5, 0.6) is 0 Å². The van der Waals surface area contributed by atoms with Crippen molar-refractivity contribution < 1.29 is 5.11 Å². The van der Waals surface area contributed by atoms with E-state index in [1.54, 1.807) is 0 Å². The van der Waals surface area contributed by atoms with Crippen LogP contribution in [0.3, 0.4) is 0 Å². The minimum atomic E-state index is 0.271. The second kappa shape index (κ2) is 4.89. The summed E-state index contributed by atoms with van der Waals surface area (Å²) in [7, 11) is 0. The van der Waals surface area contributed by atoms with E-state index in [2.05, 4.69) is 23.2 Å². The number of rotatable bonds is 4. The molecule has 0 amide bonds. The van der Waals surface area contributed by atoms with Crippen molar-refractivity contribution in [3.05, 3.63) is 42.2 Å². The van der Waals surface area contributed by atoms with Crippen LogP contribution in [0.15, 0.2) is 36.5 Å². The summed E-state index contributed by atoms with van der Waals surface area (Å²) in [5.41, 5.74) is 1.11. The molecule has 0 aliphatic rings. The minimum Gasteiger partial charge on any atom is -0.396 e. The molecule has 2 nitrogen and oxygen atoms in total. The number of aromatic nitrogens is 1. The summed E-state index contributed by atoms with van der Waals surface area (Å²) in [6.45, 7) is 0.271. The quantitative estimate of drug-likeness (QED) is 0.771. The number of unbranched alkanes of at least 4 members (excludes halogenated alkanes) is 1. The van der Waals surface area contributed by atoms with Crippen molar-refractivity contribution in [2.24, 2.45) is 0 Å². The van der Waals surface area contributed by atoms with Gasteiger partial charge in [0.2, 0.25) is 0 Å². The minimum absolute atomic E-state index is 0.271. The van der Waals surface area contributed by atoms with E-state index < -0.39 is 0 Å². The predicted octanol–water partition coefficient (Wildman–Crippen LogP) is 2.55. The van der Waals surface area contributed by atoms with Gasteiger partial charge in [0, 0.05) is 23.9 Å². The maximum atomic E-state index is 8.70. The Kier molecular flexibility index (Phi) is 3.30. The molecule has 2 heteroatoms. The molecule has 1 heterocycles. The fraction of sp³-hybridized carbons (Fsp3) is 0.308. The molecule has 1 aromatic heterocycles. The Morgan fingerprint density at radius 2 is 1.87 bits per heavy atom. The number of nitrogens with zero attached hydrogens (tertiary/aromatic N) is 1. The van der Waals surface area contributed by atoms with Gasteiger partial charge in [0.05, 0.1) is 0 Å². The molecule has 0 saturated carbocycles. The third-order valence-corrected chi connectivity index (χ3v) is 2.53. The van der Waals surface area contributed by atoms with Crippen LogP contribution in [-0.4, -0.2) is 16.7 Å². The Balaban J connectivity index is 2.16. The number of benzene rings is 1. The molecule has 2 rings (SSSR count). The van der Waals surface area contributed by atoms with E-state index in [0.29, 0.717) is 0 Å². The molecule has 0 aliphatic heterocycles. The third-order valence-electron chi connectivity index (χ3n) is 2.53. The van der Waals surface area contributed by atoms with Crippen molar-refractivity contribution in [2.75, 3.05) is 6.61 Å². The van der Waals surface area contributed by atoms with Crippen molar-refractivity contribution in [2.45, 2.75) is 19.3 Å². The summed E-state index contributed by atoms with van der Waals surface area (Å²) in [5.74, 6) is 0. The fourth-order valence-corrected chi connectivity index (χ4v) is 1.68. The van der Waals surface area contributed by atoms with Crippen molar-refractivity contribution in [1.29, 1.82) is 0 Å². The normalized spacial score (nSPS) is 10.7. The zero-order valence-corrected chi connectivity index (χ0v) is 8.69. The summed E-state index contributed by atoms with van der Waals surface area (Å²) in [4.78, 5) is 4.40. The molecule has 0 saturated heterocycles. The molecule has 0 atom stereocenters. The van der Waals surface area contributed by atoms with E-state index >= 15 is 0 Å². The number of aliphatic hydroxyl groups is 1. The van der Waals surface area contributed by atoms with Gasteiger partial charge >= 0.3 is 0 Å². The number of hydrogen-bond donors (Lipinski definition) is 1. The highest BCUT2D eigenvalue weighted by Gasteiger charge is 1.97. The monoisotopic (exact) mass is 201 g/mol. The van der Waals surface area contributed by atoms with Crippen LogP contribution in [0, 0.1) is 0 Å². The average molecular weight is 201 g/mol. The van der Waals surface area contributed by atoms with E-state index in [4.69, 9.17) is 5.11 Å². The number of fused-ring (bicyclic) bond motifs is 1. The van der Waals surface area contributed by atoms with Gasteiger partial charge in [0.15, 0.2) is 0 Å². The molecule has 2 aromatic rings. The van der Waals surface area contributed by atoms with Gasteiger partial charge < -0.3 is 5.11 Å². The Morgan fingerprint density at radius 3 is 2.67 bits per heavy atom. The van der Waals surface area contributed by atoms with E-state index in [1.165, 1.54) is 10.8 Å². The first kappa shape index (κ1) is 10.1. The molecule has 0 unspecified atom stereocenters. The average Bonchev–Trinajstić information content (AvgIpc) is 2.29. The van der Waals surface area contributed by atoms with E-state index in [-0.39, 0.29) is 6.61 Å². The largest absolute Gasteiger partial charge is 0.396 e. The van der Waals surface area contributed by atoms with Crippen LogP contribution in [0.25, 0.3) is 10.8 Å². The highest BCUT2D eigenvalue weighted by Crippen LogP contribution is 2.14. The fourth-order valence-electron chi connectivity index (χ4n) is 1.68. The first-order valence-electron chi connectivity index (χ1n) is 5.34. The van der Waals surface area contributed by atoms with Gasteiger partial charge in [-0.15, -0.1) is 0 Å². The van der Waals surface area contributed by atoms with E-state index in [9.17, 15) is 0 Å². The summed E-state index contributed by atoms with van der Waals surface area (Å²) in [6.07, 6.45) is 4.73. The lowest BCUT2D eigenvalue weighted by molar-refractivity contribution is 0.284. The summed E-state index contributed by atoms with van der Waals surface area (Å²) < 4.78 is 0. The maximum absolute atomic E-state index is 8.70.